The second kappa shape index (κ2) is 11.2. The zero-order valence-electron chi connectivity index (χ0n) is 18.2. The molecule has 11 heteroatoms. The summed E-state index contributed by atoms with van der Waals surface area (Å²) >= 11 is 0. The number of imide groups is 2. The highest BCUT2D eigenvalue weighted by Gasteiger charge is 2.45. The highest BCUT2D eigenvalue weighted by atomic mass is 16.2. The lowest BCUT2D eigenvalue weighted by atomic mass is 9.98. The molecular formula is C22H26N6O5. The van der Waals surface area contributed by atoms with Crippen LogP contribution in [-0.4, -0.2) is 53.6 Å². The van der Waals surface area contributed by atoms with Gasteiger partial charge in [-0.05, 0) is 49.3 Å². The van der Waals surface area contributed by atoms with Crippen LogP contribution in [0.5, 0.6) is 0 Å². The topological polar surface area (TPSA) is 161 Å². The number of nitrogens with zero attached hydrogens (tertiary/aromatic N) is 4. The van der Waals surface area contributed by atoms with Gasteiger partial charge in [-0.2, -0.15) is 0 Å². The number of carbonyl (C=O) groups excluding carboxylic acids is 5. The van der Waals surface area contributed by atoms with Gasteiger partial charge >= 0.3 is 0 Å². The molecule has 2 aliphatic rings. The van der Waals surface area contributed by atoms with Gasteiger partial charge in [-0.15, -0.1) is 0 Å². The third kappa shape index (κ3) is 5.75. The minimum atomic E-state index is -0.974. The van der Waals surface area contributed by atoms with Crippen molar-refractivity contribution in [2.75, 3.05) is 13.1 Å². The number of azide groups is 1. The van der Waals surface area contributed by atoms with E-state index in [2.05, 4.69) is 20.7 Å². The Morgan fingerprint density at radius 2 is 1.97 bits per heavy atom. The number of aryl methyl sites for hydroxylation is 1. The van der Waals surface area contributed by atoms with Gasteiger partial charge in [-0.3, -0.25) is 34.2 Å². The fraction of sp³-hybridized carbons (Fsp3) is 0.500. The summed E-state index contributed by atoms with van der Waals surface area (Å²) in [6, 6.07) is 4.15. The number of rotatable bonds is 11. The van der Waals surface area contributed by atoms with Crippen molar-refractivity contribution < 1.29 is 24.0 Å². The summed E-state index contributed by atoms with van der Waals surface area (Å²) in [5.41, 5.74) is 9.58. The zero-order chi connectivity index (χ0) is 23.8. The van der Waals surface area contributed by atoms with Gasteiger partial charge in [-0.25, -0.2) is 0 Å². The number of hydrogen-bond donors (Lipinski definition) is 2. The second-order valence-electron chi connectivity index (χ2n) is 8.01. The highest BCUT2D eigenvalue weighted by Crippen LogP contribution is 2.30. The maximum atomic E-state index is 13.1. The van der Waals surface area contributed by atoms with Crippen LogP contribution in [0.25, 0.3) is 10.4 Å². The third-order valence-electron chi connectivity index (χ3n) is 5.72. The molecule has 1 aromatic carbocycles. The Hall–Kier alpha value is -3.72. The van der Waals surface area contributed by atoms with Gasteiger partial charge in [0.15, 0.2) is 0 Å². The molecule has 1 atom stereocenters. The quantitative estimate of drug-likeness (QED) is 0.172. The lowest BCUT2D eigenvalue weighted by molar-refractivity contribution is -0.136. The van der Waals surface area contributed by atoms with Gasteiger partial charge in [-0.1, -0.05) is 23.7 Å². The first kappa shape index (κ1) is 23.9. The van der Waals surface area contributed by atoms with Gasteiger partial charge in [0.2, 0.25) is 17.7 Å². The number of hydrogen-bond acceptors (Lipinski definition) is 6. The molecule has 2 heterocycles. The fourth-order valence-corrected chi connectivity index (χ4v) is 4.08. The molecule has 33 heavy (non-hydrogen) atoms. The van der Waals surface area contributed by atoms with E-state index in [0.717, 1.165) is 29.7 Å². The van der Waals surface area contributed by atoms with E-state index in [4.69, 9.17) is 5.53 Å². The molecule has 1 fully saturated rings. The first-order valence-electron chi connectivity index (χ1n) is 11.0. The smallest absolute Gasteiger partial charge is 0.262 e. The van der Waals surface area contributed by atoms with Gasteiger partial charge in [0, 0.05) is 30.8 Å². The van der Waals surface area contributed by atoms with Crippen molar-refractivity contribution in [3.8, 4) is 0 Å². The predicted octanol–water partition coefficient (Wildman–Crippen LogP) is 2.01. The van der Waals surface area contributed by atoms with Crippen LogP contribution in [0.2, 0.25) is 0 Å². The van der Waals surface area contributed by atoms with E-state index >= 15 is 0 Å². The number of unbranched alkanes of at least 4 members (excludes halogenated alkanes) is 2. The molecule has 0 radical (unpaired) electrons. The van der Waals surface area contributed by atoms with Gasteiger partial charge in [0.1, 0.15) is 6.04 Å². The van der Waals surface area contributed by atoms with Crippen LogP contribution in [-0.2, 0) is 20.8 Å². The predicted molar refractivity (Wildman–Crippen MR) is 117 cm³/mol. The molecule has 1 unspecified atom stereocenters. The maximum Gasteiger partial charge on any atom is 0.262 e. The van der Waals surface area contributed by atoms with E-state index in [1.165, 1.54) is 0 Å². The van der Waals surface area contributed by atoms with E-state index in [1.807, 2.05) is 6.07 Å². The number of carbonyl (C=O) groups is 5. The summed E-state index contributed by atoms with van der Waals surface area (Å²) in [5, 5.41) is 8.40. The van der Waals surface area contributed by atoms with Gasteiger partial charge in [0.05, 0.1) is 11.1 Å². The average molecular weight is 454 g/mol. The first-order chi connectivity index (χ1) is 15.9. The van der Waals surface area contributed by atoms with Crippen molar-refractivity contribution >= 4 is 29.5 Å². The van der Waals surface area contributed by atoms with E-state index in [-0.39, 0.29) is 24.3 Å². The summed E-state index contributed by atoms with van der Waals surface area (Å²) in [4.78, 5) is 64.8. The molecule has 1 aromatic rings. The number of nitrogens with one attached hydrogen (secondary N) is 2. The molecule has 0 aliphatic carbocycles. The largest absolute Gasteiger partial charge is 0.356 e. The van der Waals surface area contributed by atoms with Crippen molar-refractivity contribution in [1.82, 2.24) is 15.5 Å². The van der Waals surface area contributed by atoms with E-state index in [9.17, 15) is 24.0 Å². The lowest BCUT2D eigenvalue weighted by Gasteiger charge is -2.27. The van der Waals surface area contributed by atoms with Crippen LogP contribution in [0.15, 0.2) is 23.3 Å². The summed E-state index contributed by atoms with van der Waals surface area (Å²) in [7, 11) is 0. The monoisotopic (exact) mass is 454 g/mol. The molecule has 0 aromatic heterocycles. The molecule has 1 saturated heterocycles. The normalized spacial score (nSPS) is 17.5. The van der Waals surface area contributed by atoms with Crippen molar-refractivity contribution in [3.05, 3.63) is 45.3 Å². The maximum absolute atomic E-state index is 13.1. The summed E-state index contributed by atoms with van der Waals surface area (Å²) in [6.07, 6.45) is 3.99. The van der Waals surface area contributed by atoms with Crippen LogP contribution in [0.3, 0.4) is 0 Å². The van der Waals surface area contributed by atoms with Crippen molar-refractivity contribution in [2.45, 2.75) is 57.4 Å². The molecule has 2 N–H and O–H groups in total. The van der Waals surface area contributed by atoms with Crippen LogP contribution in [0, 0.1) is 0 Å². The lowest BCUT2D eigenvalue weighted by Crippen LogP contribution is -2.54. The standard InChI is InChI=1S/C22H26N6O5/c23-27-25-13-5-9-17(29)24-12-3-1-2-6-14-7-4-8-15-19(14)22(33)28(21(15)32)16-10-11-18(30)26-20(16)31/h4,7-8,16H,1-3,5-6,9-13H2,(H,24,29)(H,26,30,31). The van der Waals surface area contributed by atoms with E-state index in [0.29, 0.717) is 37.9 Å². The number of amides is 5. The van der Waals surface area contributed by atoms with E-state index < -0.39 is 29.7 Å². The van der Waals surface area contributed by atoms with Crippen LogP contribution in [0.4, 0.5) is 0 Å². The Kier molecular flexibility index (Phi) is 8.15. The summed E-state index contributed by atoms with van der Waals surface area (Å²) in [5.74, 6) is -2.11. The number of fused-ring (bicyclic) bond motifs is 1. The Morgan fingerprint density at radius 1 is 1.15 bits per heavy atom. The van der Waals surface area contributed by atoms with Gasteiger partial charge < -0.3 is 5.32 Å². The third-order valence-corrected chi connectivity index (χ3v) is 5.72. The van der Waals surface area contributed by atoms with Crippen LogP contribution >= 0.6 is 0 Å². The molecule has 0 spiro atoms. The highest BCUT2D eigenvalue weighted by molar-refractivity contribution is 6.24. The van der Waals surface area contributed by atoms with Gasteiger partial charge in [0.25, 0.3) is 11.8 Å². The molecule has 174 valence electrons. The first-order valence-corrected chi connectivity index (χ1v) is 11.0. The average Bonchev–Trinajstić information content (AvgIpc) is 3.04. The molecular weight excluding hydrogens is 428 g/mol. The Bertz CT molecular complexity index is 1020. The molecule has 2 aliphatic heterocycles. The minimum Gasteiger partial charge on any atom is -0.356 e. The van der Waals surface area contributed by atoms with Crippen LogP contribution < -0.4 is 10.6 Å². The molecule has 5 amide bonds. The Labute approximate surface area is 190 Å². The molecule has 0 bridgehead atoms. The zero-order valence-corrected chi connectivity index (χ0v) is 18.2. The van der Waals surface area contributed by atoms with Crippen LogP contribution in [0.1, 0.15) is 71.2 Å². The Balaban J connectivity index is 1.50. The molecule has 0 saturated carbocycles. The second-order valence-corrected chi connectivity index (χ2v) is 8.01. The molecule has 3 rings (SSSR count). The number of piperidine rings is 1. The molecule has 11 nitrogen and oxygen atoms in total. The minimum absolute atomic E-state index is 0.0818. The van der Waals surface area contributed by atoms with Crippen molar-refractivity contribution in [3.63, 3.8) is 0 Å². The van der Waals surface area contributed by atoms with Crippen molar-refractivity contribution in [2.24, 2.45) is 5.11 Å². The van der Waals surface area contributed by atoms with E-state index in [1.54, 1.807) is 12.1 Å². The summed E-state index contributed by atoms with van der Waals surface area (Å²) < 4.78 is 0. The fourth-order valence-electron chi connectivity index (χ4n) is 4.08. The number of benzene rings is 1. The Morgan fingerprint density at radius 3 is 2.73 bits per heavy atom. The van der Waals surface area contributed by atoms with Crippen molar-refractivity contribution in [1.29, 1.82) is 0 Å². The summed E-state index contributed by atoms with van der Waals surface area (Å²) in [6.45, 7) is 0.835. The SMILES string of the molecule is [N-]=[N+]=NCCCC(=O)NCCCCCc1cccc2c1C(=O)N(C1CCC(=O)NC1=O)C2=O.